The maximum Gasteiger partial charge on any atom is 0.109 e. The van der Waals surface area contributed by atoms with E-state index in [0.717, 1.165) is 25.2 Å². The number of imidazole rings is 1. The standard InChI is InChI=1S/C12H18N4S/c1-3-10(12-15-7-9-17-12)13-5-4-11-14-6-8-16(11)2/h6-10,13H,3-5H2,1-2H3. The molecule has 0 saturated heterocycles. The van der Waals surface area contributed by atoms with E-state index in [1.54, 1.807) is 11.3 Å². The van der Waals surface area contributed by atoms with Gasteiger partial charge in [0.15, 0.2) is 0 Å². The molecule has 4 nitrogen and oxygen atoms in total. The van der Waals surface area contributed by atoms with Gasteiger partial charge in [0.1, 0.15) is 10.8 Å². The number of aromatic nitrogens is 3. The maximum atomic E-state index is 4.36. The van der Waals surface area contributed by atoms with Gasteiger partial charge in [0.2, 0.25) is 0 Å². The molecule has 2 aromatic rings. The van der Waals surface area contributed by atoms with Gasteiger partial charge in [0.05, 0.1) is 6.04 Å². The van der Waals surface area contributed by atoms with Crippen molar-refractivity contribution in [1.82, 2.24) is 19.9 Å². The molecule has 0 aliphatic rings. The molecule has 0 aliphatic carbocycles. The van der Waals surface area contributed by atoms with Gasteiger partial charge in [-0.25, -0.2) is 9.97 Å². The van der Waals surface area contributed by atoms with E-state index in [2.05, 4.69) is 26.8 Å². The maximum absolute atomic E-state index is 4.36. The Balaban J connectivity index is 1.83. The van der Waals surface area contributed by atoms with E-state index in [1.165, 1.54) is 5.01 Å². The zero-order valence-corrected chi connectivity index (χ0v) is 11.1. The van der Waals surface area contributed by atoms with Crippen molar-refractivity contribution >= 4 is 11.3 Å². The van der Waals surface area contributed by atoms with Crippen LogP contribution in [0.2, 0.25) is 0 Å². The summed E-state index contributed by atoms with van der Waals surface area (Å²) in [5.74, 6) is 1.12. The quantitative estimate of drug-likeness (QED) is 0.854. The number of nitrogens with one attached hydrogen (secondary N) is 1. The molecule has 17 heavy (non-hydrogen) atoms. The molecular formula is C12H18N4S. The fourth-order valence-corrected chi connectivity index (χ4v) is 2.61. The van der Waals surface area contributed by atoms with Crippen LogP contribution >= 0.6 is 11.3 Å². The third kappa shape index (κ3) is 3.14. The van der Waals surface area contributed by atoms with E-state index in [1.807, 2.05) is 31.0 Å². The van der Waals surface area contributed by atoms with Gasteiger partial charge >= 0.3 is 0 Å². The van der Waals surface area contributed by atoms with Crippen LogP contribution in [0.15, 0.2) is 24.0 Å². The first-order valence-electron chi connectivity index (χ1n) is 5.90. The molecule has 0 radical (unpaired) electrons. The smallest absolute Gasteiger partial charge is 0.109 e. The third-order valence-corrected chi connectivity index (χ3v) is 3.71. The van der Waals surface area contributed by atoms with Crippen molar-refractivity contribution in [3.05, 3.63) is 34.8 Å². The molecule has 0 fully saturated rings. The lowest BCUT2D eigenvalue weighted by Gasteiger charge is -2.14. The summed E-state index contributed by atoms with van der Waals surface area (Å²) in [5.41, 5.74) is 0. The predicted octanol–water partition coefficient (Wildman–Crippen LogP) is 2.16. The molecule has 2 rings (SSSR count). The Morgan fingerprint density at radius 1 is 1.41 bits per heavy atom. The Morgan fingerprint density at radius 2 is 2.29 bits per heavy atom. The average Bonchev–Trinajstić information content (AvgIpc) is 2.97. The highest BCUT2D eigenvalue weighted by atomic mass is 32.1. The zero-order valence-electron chi connectivity index (χ0n) is 10.3. The van der Waals surface area contributed by atoms with Crippen molar-refractivity contribution in [1.29, 1.82) is 0 Å². The fourth-order valence-electron chi connectivity index (χ4n) is 1.81. The number of aryl methyl sites for hydroxylation is 1. The van der Waals surface area contributed by atoms with Crippen molar-refractivity contribution in [2.45, 2.75) is 25.8 Å². The van der Waals surface area contributed by atoms with Gasteiger partial charge in [-0.2, -0.15) is 0 Å². The van der Waals surface area contributed by atoms with E-state index >= 15 is 0 Å². The predicted molar refractivity (Wildman–Crippen MR) is 70.1 cm³/mol. The molecule has 2 heterocycles. The van der Waals surface area contributed by atoms with Gasteiger partial charge < -0.3 is 9.88 Å². The minimum Gasteiger partial charge on any atom is -0.338 e. The topological polar surface area (TPSA) is 42.7 Å². The Kier molecular flexibility index (Phi) is 4.28. The second-order valence-corrected chi connectivity index (χ2v) is 4.92. The monoisotopic (exact) mass is 250 g/mol. The van der Waals surface area contributed by atoms with Crippen LogP contribution < -0.4 is 5.32 Å². The van der Waals surface area contributed by atoms with Gasteiger partial charge in [0, 0.05) is 44.0 Å². The molecule has 0 aliphatic heterocycles. The zero-order chi connectivity index (χ0) is 12.1. The van der Waals surface area contributed by atoms with Crippen LogP contribution in [0.5, 0.6) is 0 Å². The molecule has 5 heteroatoms. The van der Waals surface area contributed by atoms with Crippen LogP contribution in [0.4, 0.5) is 0 Å². The first kappa shape index (κ1) is 12.3. The molecule has 0 spiro atoms. The third-order valence-electron chi connectivity index (χ3n) is 2.82. The summed E-state index contributed by atoms with van der Waals surface area (Å²) >= 11 is 1.71. The van der Waals surface area contributed by atoms with E-state index in [0.29, 0.717) is 6.04 Å². The Morgan fingerprint density at radius 3 is 2.88 bits per heavy atom. The molecule has 0 amide bonds. The Hall–Kier alpha value is -1.20. The SMILES string of the molecule is CCC(NCCc1nccn1C)c1nccs1. The number of nitrogens with zero attached hydrogens (tertiary/aromatic N) is 3. The fraction of sp³-hybridized carbons (Fsp3) is 0.500. The Bertz CT molecular complexity index is 435. The molecular weight excluding hydrogens is 232 g/mol. The van der Waals surface area contributed by atoms with E-state index in [9.17, 15) is 0 Å². The van der Waals surface area contributed by atoms with E-state index in [-0.39, 0.29) is 0 Å². The number of hydrogen-bond acceptors (Lipinski definition) is 4. The summed E-state index contributed by atoms with van der Waals surface area (Å²) in [5, 5.41) is 6.73. The molecule has 0 aromatic carbocycles. The highest BCUT2D eigenvalue weighted by Gasteiger charge is 2.10. The minimum atomic E-state index is 0.371. The number of thiazole rings is 1. The van der Waals surface area contributed by atoms with Gasteiger partial charge in [-0.05, 0) is 6.42 Å². The molecule has 0 bridgehead atoms. The summed E-state index contributed by atoms with van der Waals surface area (Å²) < 4.78 is 2.06. The lowest BCUT2D eigenvalue weighted by molar-refractivity contribution is 0.513. The van der Waals surface area contributed by atoms with Crippen LogP contribution in [0.1, 0.15) is 30.2 Å². The second kappa shape index (κ2) is 5.93. The molecule has 0 saturated carbocycles. The summed E-state index contributed by atoms with van der Waals surface area (Å²) in [6.45, 7) is 3.11. The number of rotatable bonds is 6. The van der Waals surface area contributed by atoms with E-state index in [4.69, 9.17) is 0 Å². The summed E-state index contributed by atoms with van der Waals surface area (Å²) in [7, 11) is 2.03. The van der Waals surface area contributed by atoms with E-state index < -0.39 is 0 Å². The number of hydrogen-bond donors (Lipinski definition) is 1. The van der Waals surface area contributed by atoms with Gasteiger partial charge in [-0.1, -0.05) is 6.92 Å². The second-order valence-electron chi connectivity index (χ2n) is 3.99. The average molecular weight is 250 g/mol. The van der Waals surface area contributed by atoms with Gasteiger partial charge in [0.25, 0.3) is 0 Å². The molecule has 2 aromatic heterocycles. The highest BCUT2D eigenvalue weighted by Crippen LogP contribution is 2.18. The molecule has 1 N–H and O–H groups in total. The van der Waals surface area contributed by atoms with Crippen molar-refractivity contribution in [3.8, 4) is 0 Å². The Labute approximate surface area is 106 Å². The largest absolute Gasteiger partial charge is 0.338 e. The summed E-state index contributed by atoms with van der Waals surface area (Å²) in [6, 6.07) is 0.371. The van der Waals surface area contributed by atoms with Crippen LogP contribution in [0.25, 0.3) is 0 Å². The lowest BCUT2D eigenvalue weighted by atomic mass is 10.2. The van der Waals surface area contributed by atoms with Crippen LogP contribution in [0.3, 0.4) is 0 Å². The summed E-state index contributed by atoms with van der Waals surface area (Å²) in [4.78, 5) is 8.67. The molecule has 1 atom stereocenters. The molecule has 92 valence electrons. The molecule has 1 unspecified atom stereocenters. The van der Waals surface area contributed by atoms with Crippen LogP contribution in [0, 0.1) is 0 Å². The minimum absolute atomic E-state index is 0.371. The van der Waals surface area contributed by atoms with Gasteiger partial charge in [-0.15, -0.1) is 11.3 Å². The first-order valence-corrected chi connectivity index (χ1v) is 6.78. The van der Waals surface area contributed by atoms with Crippen LogP contribution in [-0.4, -0.2) is 21.1 Å². The lowest BCUT2D eigenvalue weighted by Crippen LogP contribution is -2.23. The van der Waals surface area contributed by atoms with Crippen molar-refractivity contribution in [2.75, 3.05) is 6.54 Å². The normalized spacial score (nSPS) is 12.8. The highest BCUT2D eigenvalue weighted by molar-refractivity contribution is 7.09. The van der Waals surface area contributed by atoms with Crippen molar-refractivity contribution in [3.63, 3.8) is 0 Å². The van der Waals surface area contributed by atoms with Crippen LogP contribution in [-0.2, 0) is 13.5 Å². The van der Waals surface area contributed by atoms with Crippen molar-refractivity contribution in [2.24, 2.45) is 7.05 Å². The summed E-state index contributed by atoms with van der Waals surface area (Å²) in [6.07, 6.45) is 7.70. The van der Waals surface area contributed by atoms with Gasteiger partial charge in [-0.3, -0.25) is 0 Å². The van der Waals surface area contributed by atoms with Crippen molar-refractivity contribution < 1.29 is 0 Å². The first-order chi connectivity index (χ1) is 8.31.